The van der Waals surface area contributed by atoms with E-state index in [9.17, 15) is 27.7 Å². The van der Waals surface area contributed by atoms with Gasteiger partial charge in [-0.1, -0.05) is 18.2 Å². The average Bonchev–Trinajstić information content (AvgIpc) is 3.06. The number of halogens is 1. The molecule has 2 aromatic carbocycles. The Morgan fingerprint density at radius 2 is 1.88 bits per heavy atom. The zero-order valence-electron chi connectivity index (χ0n) is 17.9. The molecule has 1 N–H and O–H groups in total. The lowest BCUT2D eigenvalue weighted by Crippen LogP contribution is -2.29. The van der Waals surface area contributed by atoms with Crippen LogP contribution in [-0.2, 0) is 25.9 Å². The minimum Gasteiger partial charge on any atom is -0.354 e. The summed E-state index contributed by atoms with van der Waals surface area (Å²) in [5, 5.41) is 11.8. The van der Waals surface area contributed by atoms with Crippen LogP contribution in [0.2, 0.25) is 0 Å². The minimum absolute atomic E-state index is 0.0129. The summed E-state index contributed by atoms with van der Waals surface area (Å²) in [6, 6.07) is 14.0. The number of rotatable bonds is 9. The Labute approximate surface area is 189 Å². The molecule has 0 unspecified atom stereocenters. The van der Waals surface area contributed by atoms with E-state index < -0.39 is 20.7 Å². The van der Waals surface area contributed by atoms with E-state index in [1.807, 2.05) is 0 Å². The predicted molar refractivity (Wildman–Crippen MR) is 119 cm³/mol. The van der Waals surface area contributed by atoms with Crippen LogP contribution in [0.5, 0.6) is 0 Å². The molecule has 3 rings (SSSR count). The quantitative estimate of drug-likeness (QED) is 0.289. The lowest BCUT2D eigenvalue weighted by Gasteiger charge is -2.13. The summed E-state index contributed by atoms with van der Waals surface area (Å²) in [7, 11) is -3.37. The molecule has 0 saturated heterocycles. The maximum atomic E-state index is 13.9. The average molecular weight is 475 g/mol. The topological polar surface area (TPSA) is 121 Å². The van der Waals surface area contributed by atoms with Gasteiger partial charge in [-0.3, -0.25) is 4.79 Å². The predicted octanol–water partition coefficient (Wildman–Crippen LogP) is 2.86. The number of nitrogens with zero attached hydrogens (tertiary/aromatic N) is 2. The maximum absolute atomic E-state index is 13.9. The van der Waals surface area contributed by atoms with Crippen molar-refractivity contribution in [2.75, 3.05) is 19.4 Å². The van der Waals surface area contributed by atoms with Gasteiger partial charge in [0.05, 0.1) is 17.0 Å². The fraction of sp³-hybridized carbons (Fsp3) is 0.227. The van der Waals surface area contributed by atoms with E-state index in [0.717, 1.165) is 6.26 Å². The van der Waals surface area contributed by atoms with E-state index in [4.69, 9.17) is 0 Å². The van der Waals surface area contributed by atoms with Crippen molar-refractivity contribution >= 4 is 15.7 Å². The molecule has 0 fully saturated rings. The first-order valence-corrected chi connectivity index (χ1v) is 11.8. The second kappa shape index (κ2) is 9.82. The number of hydrogen-bond donors (Lipinski definition) is 1. The van der Waals surface area contributed by atoms with Crippen molar-refractivity contribution in [1.29, 1.82) is 0 Å². The number of benzene rings is 2. The molecule has 0 aliphatic carbocycles. The van der Waals surface area contributed by atoms with Gasteiger partial charge in [-0.2, -0.15) is 0 Å². The number of aromatic nitrogens is 1. The lowest BCUT2D eigenvalue weighted by molar-refractivity contribution is -0.757. The summed E-state index contributed by atoms with van der Waals surface area (Å²) in [5.74, 6) is -0.788. The zero-order chi connectivity index (χ0) is 24.2. The molecule has 3 aromatic rings. The van der Waals surface area contributed by atoms with Crippen LogP contribution >= 0.6 is 0 Å². The van der Waals surface area contributed by atoms with Gasteiger partial charge >= 0.3 is 0 Å². The van der Waals surface area contributed by atoms with Crippen LogP contribution in [0, 0.1) is 22.9 Å². The van der Waals surface area contributed by atoms with Gasteiger partial charge in [-0.15, -0.1) is 10.1 Å². The number of hydrogen-bond acceptors (Lipinski definition) is 6. The zero-order valence-corrected chi connectivity index (χ0v) is 18.8. The van der Waals surface area contributed by atoms with Gasteiger partial charge in [-0.05, 0) is 54.4 Å². The van der Waals surface area contributed by atoms with Gasteiger partial charge in [0, 0.05) is 24.2 Å². The molecule has 174 valence electrons. The van der Waals surface area contributed by atoms with Crippen molar-refractivity contribution in [3.8, 4) is 16.9 Å². The van der Waals surface area contributed by atoms with Crippen LogP contribution in [0.25, 0.3) is 16.9 Å². The molecular formula is C22H22FN3O6S. The van der Waals surface area contributed by atoms with E-state index in [1.165, 1.54) is 24.3 Å². The third-order valence-electron chi connectivity index (χ3n) is 4.97. The molecule has 0 saturated carbocycles. The van der Waals surface area contributed by atoms with Gasteiger partial charge in [-0.25, -0.2) is 12.8 Å². The van der Waals surface area contributed by atoms with Gasteiger partial charge in [0.1, 0.15) is 12.4 Å². The molecule has 0 bridgehead atoms. The number of sulfone groups is 1. The van der Waals surface area contributed by atoms with Crippen molar-refractivity contribution < 1.29 is 27.5 Å². The normalized spacial score (nSPS) is 11.2. The van der Waals surface area contributed by atoms with E-state index in [-0.39, 0.29) is 30.4 Å². The highest BCUT2D eigenvalue weighted by Crippen LogP contribution is 2.31. The van der Waals surface area contributed by atoms with Crippen molar-refractivity contribution in [2.24, 2.45) is 0 Å². The Morgan fingerprint density at radius 1 is 1.18 bits per heavy atom. The summed E-state index contributed by atoms with van der Waals surface area (Å²) in [6.45, 7) is 1.50. The standard InChI is InChI=1S/C22H22FN3O6S/c1-15-17(13-22(27)24-10-11-32-26(28)29)12-21(25(15)19-5-3-4-18(23)14-19)16-6-8-20(9-7-16)33(2,30)31/h3-9,12,14H,10-11,13H2,1-2H3,(H,24,27). The van der Waals surface area contributed by atoms with Crippen molar-refractivity contribution in [1.82, 2.24) is 9.88 Å². The SMILES string of the molecule is Cc1c(CC(=O)NCCO[N+](=O)[O-])cc(-c2ccc(S(C)(=O)=O)cc2)n1-c1cccc(F)c1. The number of carbonyl (C=O) groups excluding carboxylic acids is 1. The Hall–Kier alpha value is -3.73. The van der Waals surface area contributed by atoms with Crippen molar-refractivity contribution in [3.05, 3.63) is 81.8 Å². The van der Waals surface area contributed by atoms with Crippen LogP contribution < -0.4 is 5.32 Å². The summed E-state index contributed by atoms with van der Waals surface area (Å²) < 4.78 is 39.3. The molecule has 11 heteroatoms. The van der Waals surface area contributed by atoms with Gasteiger partial charge in [0.25, 0.3) is 5.09 Å². The van der Waals surface area contributed by atoms with E-state index in [2.05, 4.69) is 10.2 Å². The van der Waals surface area contributed by atoms with Crippen LogP contribution in [0.3, 0.4) is 0 Å². The summed E-state index contributed by atoms with van der Waals surface area (Å²) in [4.78, 5) is 26.9. The van der Waals surface area contributed by atoms with E-state index in [1.54, 1.807) is 41.8 Å². The fourth-order valence-corrected chi connectivity index (χ4v) is 4.05. The molecule has 1 aromatic heterocycles. The summed E-state index contributed by atoms with van der Waals surface area (Å²) in [6.07, 6.45) is 1.11. The Morgan fingerprint density at radius 3 is 2.48 bits per heavy atom. The molecule has 0 spiro atoms. The smallest absolute Gasteiger partial charge is 0.294 e. The number of amides is 1. The third-order valence-corrected chi connectivity index (χ3v) is 6.10. The third kappa shape index (κ3) is 5.95. The van der Waals surface area contributed by atoms with Crippen molar-refractivity contribution in [3.63, 3.8) is 0 Å². The first-order valence-electron chi connectivity index (χ1n) is 9.88. The Kier molecular flexibility index (Phi) is 7.12. The highest BCUT2D eigenvalue weighted by Gasteiger charge is 2.18. The summed E-state index contributed by atoms with van der Waals surface area (Å²) in [5.41, 5.74) is 3.23. The molecule has 33 heavy (non-hydrogen) atoms. The fourth-order valence-electron chi connectivity index (χ4n) is 3.42. The van der Waals surface area contributed by atoms with Crippen LogP contribution in [-0.4, -0.2) is 43.4 Å². The second-order valence-corrected chi connectivity index (χ2v) is 9.35. The molecule has 0 atom stereocenters. The van der Waals surface area contributed by atoms with Crippen LogP contribution in [0.1, 0.15) is 11.3 Å². The molecule has 0 aliphatic rings. The van der Waals surface area contributed by atoms with E-state index >= 15 is 0 Å². The first kappa shape index (κ1) is 23.9. The Balaban J connectivity index is 1.96. The molecule has 1 amide bonds. The van der Waals surface area contributed by atoms with Crippen LogP contribution in [0.4, 0.5) is 4.39 Å². The highest BCUT2D eigenvalue weighted by atomic mass is 32.2. The summed E-state index contributed by atoms with van der Waals surface area (Å²) >= 11 is 0. The second-order valence-electron chi connectivity index (χ2n) is 7.34. The van der Waals surface area contributed by atoms with Gasteiger partial charge in [0.2, 0.25) is 5.91 Å². The molecule has 1 heterocycles. The monoisotopic (exact) mass is 475 g/mol. The van der Waals surface area contributed by atoms with Crippen LogP contribution in [0.15, 0.2) is 59.5 Å². The molecule has 0 aliphatic heterocycles. The maximum Gasteiger partial charge on any atom is 0.294 e. The Bertz CT molecular complexity index is 1290. The lowest BCUT2D eigenvalue weighted by atomic mass is 10.1. The molecular weight excluding hydrogens is 453 g/mol. The van der Waals surface area contributed by atoms with Gasteiger partial charge in [0.15, 0.2) is 9.84 Å². The van der Waals surface area contributed by atoms with Crippen molar-refractivity contribution in [2.45, 2.75) is 18.2 Å². The minimum atomic E-state index is -3.37. The first-order chi connectivity index (χ1) is 15.6. The highest BCUT2D eigenvalue weighted by molar-refractivity contribution is 7.90. The largest absolute Gasteiger partial charge is 0.354 e. The molecule has 0 radical (unpaired) electrons. The molecule has 9 nitrogen and oxygen atoms in total. The number of carbonyl (C=O) groups is 1. The van der Waals surface area contributed by atoms with Gasteiger partial charge < -0.3 is 14.7 Å². The van der Waals surface area contributed by atoms with E-state index in [0.29, 0.717) is 28.2 Å². The number of nitrogens with one attached hydrogen (secondary N) is 1.